The molecule has 0 N–H and O–H groups in total. The Morgan fingerprint density at radius 1 is 1.00 bits per heavy atom. The van der Waals surface area contributed by atoms with Crippen LogP contribution in [0.3, 0.4) is 0 Å². The van der Waals surface area contributed by atoms with Crippen LogP contribution in [0.15, 0.2) is 0 Å². The molecule has 0 aromatic carbocycles. The van der Waals surface area contributed by atoms with Crippen molar-refractivity contribution in [3.8, 4) is 0 Å². The first-order chi connectivity index (χ1) is 9.93. The molecule has 1 heterocycles. The van der Waals surface area contributed by atoms with E-state index < -0.39 is 17.7 Å². The first-order valence-corrected chi connectivity index (χ1v) is 7.94. The van der Waals surface area contributed by atoms with Crippen molar-refractivity contribution in [1.29, 1.82) is 0 Å². The highest BCUT2D eigenvalue weighted by atomic mass is 19.4. The number of piperidine rings is 1. The molecule has 0 atom stereocenters. The van der Waals surface area contributed by atoms with E-state index in [0.29, 0.717) is 19.4 Å². The molecule has 1 aliphatic heterocycles. The number of carbonyl (C=O) groups is 1. The molecule has 1 saturated carbocycles. The summed E-state index contributed by atoms with van der Waals surface area (Å²) in [6.07, 6.45) is 0.520. The van der Waals surface area contributed by atoms with Gasteiger partial charge in [0, 0.05) is 6.54 Å². The lowest BCUT2D eigenvalue weighted by Crippen LogP contribution is -2.50. The number of carbonyl (C=O) groups excluding carboxylic acids is 1. The van der Waals surface area contributed by atoms with E-state index in [1.807, 2.05) is 0 Å². The first-order valence-electron chi connectivity index (χ1n) is 7.94. The van der Waals surface area contributed by atoms with E-state index in [-0.39, 0.29) is 19.3 Å². The summed E-state index contributed by atoms with van der Waals surface area (Å²) in [6, 6.07) is 0. The maximum absolute atomic E-state index is 13.3. The molecule has 2 rings (SSSR count). The quantitative estimate of drug-likeness (QED) is 0.742. The Balaban J connectivity index is 1.86. The third kappa shape index (κ3) is 4.34. The van der Waals surface area contributed by atoms with Crippen LogP contribution >= 0.6 is 0 Å². The molecule has 21 heavy (non-hydrogen) atoms. The van der Waals surface area contributed by atoms with Crippen LogP contribution in [0.1, 0.15) is 57.8 Å². The summed E-state index contributed by atoms with van der Waals surface area (Å²) < 4.78 is 44.7. The van der Waals surface area contributed by atoms with Gasteiger partial charge in [-0.3, -0.25) is 4.79 Å². The van der Waals surface area contributed by atoms with E-state index in [9.17, 15) is 18.0 Å². The van der Waals surface area contributed by atoms with E-state index in [0.717, 1.165) is 32.4 Å². The summed E-state index contributed by atoms with van der Waals surface area (Å²) >= 11 is 0. The number of hydrogen-bond donors (Lipinski definition) is 0. The Morgan fingerprint density at radius 2 is 1.57 bits per heavy atom. The highest BCUT2D eigenvalue weighted by Gasteiger charge is 2.58. The topological polar surface area (TPSA) is 29.5 Å². The van der Waals surface area contributed by atoms with Gasteiger partial charge in [0.15, 0.2) is 0 Å². The van der Waals surface area contributed by atoms with Gasteiger partial charge in [-0.15, -0.1) is 0 Å². The van der Waals surface area contributed by atoms with Gasteiger partial charge in [-0.1, -0.05) is 12.8 Å². The number of nitrogens with zero attached hydrogens (tertiary/aromatic N) is 1. The standard InChI is InChI=1S/C15H24F3NO2/c16-15(17,18)14(8-3-1-4-9-14)21-13(20)7-12-19-10-5-2-6-11-19/h1-12H2. The van der Waals surface area contributed by atoms with Gasteiger partial charge in [-0.05, 0) is 51.6 Å². The molecule has 1 aliphatic carbocycles. The van der Waals surface area contributed by atoms with Crippen LogP contribution in [-0.2, 0) is 9.53 Å². The van der Waals surface area contributed by atoms with Gasteiger partial charge in [0.2, 0.25) is 5.60 Å². The molecule has 0 amide bonds. The summed E-state index contributed by atoms with van der Waals surface area (Å²) in [5.41, 5.74) is -2.23. The Morgan fingerprint density at radius 3 is 2.14 bits per heavy atom. The van der Waals surface area contributed by atoms with Crippen molar-refractivity contribution in [2.24, 2.45) is 0 Å². The van der Waals surface area contributed by atoms with Gasteiger partial charge in [-0.25, -0.2) is 0 Å². The lowest BCUT2D eigenvalue weighted by molar-refractivity contribution is -0.279. The van der Waals surface area contributed by atoms with Gasteiger partial charge in [0.25, 0.3) is 0 Å². The summed E-state index contributed by atoms with van der Waals surface area (Å²) in [5, 5.41) is 0. The Hall–Kier alpha value is -0.780. The number of rotatable bonds is 4. The molecule has 0 unspecified atom stereocenters. The number of alkyl halides is 3. The van der Waals surface area contributed by atoms with Gasteiger partial charge >= 0.3 is 12.1 Å². The zero-order valence-corrected chi connectivity index (χ0v) is 12.4. The van der Waals surface area contributed by atoms with Crippen molar-refractivity contribution in [2.45, 2.75) is 69.6 Å². The summed E-state index contributed by atoms with van der Waals surface area (Å²) in [6.45, 7) is 2.36. The second-order valence-corrected chi connectivity index (χ2v) is 6.18. The summed E-state index contributed by atoms with van der Waals surface area (Å²) in [5.74, 6) is -0.709. The Bertz CT molecular complexity index is 345. The second kappa shape index (κ2) is 6.99. The summed E-state index contributed by atoms with van der Waals surface area (Å²) in [7, 11) is 0. The van der Waals surface area contributed by atoms with Crippen molar-refractivity contribution < 1.29 is 22.7 Å². The molecule has 2 aliphatic rings. The van der Waals surface area contributed by atoms with Crippen LogP contribution in [-0.4, -0.2) is 42.3 Å². The molecule has 122 valence electrons. The van der Waals surface area contributed by atoms with E-state index in [4.69, 9.17) is 4.74 Å². The molecule has 0 spiro atoms. The molecular formula is C15H24F3NO2. The molecule has 3 nitrogen and oxygen atoms in total. The van der Waals surface area contributed by atoms with Crippen LogP contribution in [0.5, 0.6) is 0 Å². The average molecular weight is 307 g/mol. The minimum absolute atomic E-state index is 0.0534. The fourth-order valence-electron chi connectivity index (χ4n) is 3.27. The second-order valence-electron chi connectivity index (χ2n) is 6.18. The number of ether oxygens (including phenoxy) is 1. The lowest BCUT2D eigenvalue weighted by Gasteiger charge is -2.38. The van der Waals surface area contributed by atoms with E-state index in [1.165, 1.54) is 6.42 Å². The van der Waals surface area contributed by atoms with Gasteiger partial charge in [-0.2, -0.15) is 13.2 Å². The van der Waals surface area contributed by atoms with Gasteiger partial charge < -0.3 is 9.64 Å². The molecule has 0 bridgehead atoms. The SMILES string of the molecule is O=C(CCN1CCCCC1)OC1(C(F)(F)F)CCCCC1. The van der Waals surface area contributed by atoms with Crippen LogP contribution in [0, 0.1) is 0 Å². The van der Waals surface area contributed by atoms with Gasteiger partial charge in [0.1, 0.15) is 0 Å². The molecule has 1 saturated heterocycles. The fraction of sp³-hybridized carbons (Fsp3) is 0.933. The number of esters is 1. The molecule has 0 aromatic heterocycles. The smallest absolute Gasteiger partial charge is 0.428 e. The zero-order chi connectivity index (χ0) is 15.3. The Labute approximate surface area is 123 Å². The van der Waals surface area contributed by atoms with Crippen LogP contribution in [0.25, 0.3) is 0 Å². The van der Waals surface area contributed by atoms with Crippen molar-refractivity contribution in [1.82, 2.24) is 4.90 Å². The fourth-order valence-corrected chi connectivity index (χ4v) is 3.27. The Kier molecular flexibility index (Phi) is 5.52. The van der Waals surface area contributed by atoms with E-state index >= 15 is 0 Å². The third-order valence-corrected chi connectivity index (χ3v) is 4.57. The monoisotopic (exact) mass is 307 g/mol. The zero-order valence-electron chi connectivity index (χ0n) is 12.4. The maximum atomic E-state index is 13.3. The molecule has 2 fully saturated rings. The minimum Gasteiger partial charge on any atom is -0.449 e. The molecule has 0 radical (unpaired) electrons. The third-order valence-electron chi connectivity index (χ3n) is 4.57. The molecular weight excluding hydrogens is 283 g/mol. The number of hydrogen-bond acceptors (Lipinski definition) is 3. The highest BCUT2D eigenvalue weighted by molar-refractivity contribution is 5.70. The average Bonchev–Trinajstić information content (AvgIpc) is 2.46. The van der Waals surface area contributed by atoms with Crippen molar-refractivity contribution in [3.05, 3.63) is 0 Å². The van der Waals surface area contributed by atoms with Crippen LogP contribution in [0.2, 0.25) is 0 Å². The van der Waals surface area contributed by atoms with E-state index in [2.05, 4.69) is 4.90 Å². The van der Waals surface area contributed by atoms with Crippen LogP contribution in [0.4, 0.5) is 13.2 Å². The lowest BCUT2D eigenvalue weighted by atomic mass is 9.84. The van der Waals surface area contributed by atoms with Crippen molar-refractivity contribution >= 4 is 5.97 Å². The van der Waals surface area contributed by atoms with Crippen molar-refractivity contribution in [3.63, 3.8) is 0 Å². The number of halogens is 3. The predicted molar refractivity (Wildman–Crippen MR) is 72.9 cm³/mol. The molecule has 0 aromatic rings. The first kappa shape index (κ1) is 16.6. The minimum atomic E-state index is -4.46. The van der Waals surface area contributed by atoms with Crippen molar-refractivity contribution in [2.75, 3.05) is 19.6 Å². The van der Waals surface area contributed by atoms with E-state index in [1.54, 1.807) is 0 Å². The summed E-state index contributed by atoms with van der Waals surface area (Å²) in [4.78, 5) is 14.0. The van der Waals surface area contributed by atoms with Gasteiger partial charge in [0.05, 0.1) is 6.42 Å². The maximum Gasteiger partial charge on any atom is 0.428 e. The molecule has 6 heteroatoms. The largest absolute Gasteiger partial charge is 0.449 e. The normalized spacial score (nSPS) is 23.8. The predicted octanol–water partition coefficient (Wildman–Crippen LogP) is 3.67. The van der Waals surface area contributed by atoms with Crippen LogP contribution < -0.4 is 0 Å². The highest BCUT2D eigenvalue weighted by Crippen LogP contribution is 2.44. The number of likely N-dealkylation sites (tertiary alicyclic amines) is 1.